The minimum absolute atomic E-state index is 0.149. The number of sulfonamides is 1. The van der Waals surface area contributed by atoms with Gasteiger partial charge in [0.1, 0.15) is 12.3 Å². The first kappa shape index (κ1) is 27.6. The Bertz CT molecular complexity index is 1500. The molecule has 0 bridgehead atoms. The van der Waals surface area contributed by atoms with E-state index in [1.165, 1.54) is 50.4 Å². The number of methoxy groups -OCH3 is 1. The van der Waals surface area contributed by atoms with Gasteiger partial charge in [0, 0.05) is 24.7 Å². The van der Waals surface area contributed by atoms with E-state index >= 15 is 0 Å². The van der Waals surface area contributed by atoms with Crippen molar-refractivity contribution in [3.63, 3.8) is 0 Å². The maximum Gasteiger partial charge on any atom is 0.273 e. The largest absolute Gasteiger partial charge is 0.497 e. The maximum absolute atomic E-state index is 13.7. The van der Waals surface area contributed by atoms with Gasteiger partial charge in [0.15, 0.2) is 0 Å². The number of rotatable bonds is 9. The Labute approximate surface area is 226 Å². The zero-order chi connectivity index (χ0) is 28.2. The van der Waals surface area contributed by atoms with Gasteiger partial charge in [0.2, 0.25) is 5.91 Å². The summed E-state index contributed by atoms with van der Waals surface area (Å²) < 4.78 is 33.5. The zero-order valence-electron chi connectivity index (χ0n) is 21.5. The third-order valence-electron chi connectivity index (χ3n) is 6.44. The lowest BCUT2D eigenvalue weighted by Gasteiger charge is -2.25. The first-order chi connectivity index (χ1) is 18.6. The van der Waals surface area contributed by atoms with Crippen molar-refractivity contribution in [3.05, 3.63) is 88.0 Å². The van der Waals surface area contributed by atoms with Crippen LogP contribution in [0.3, 0.4) is 0 Å². The van der Waals surface area contributed by atoms with E-state index in [1.807, 2.05) is 0 Å². The highest BCUT2D eigenvalue weighted by atomic mass is 32.2. The molecule has 3 aromatic carbocycles. The van der Waals surface area contributed by atoms with Gasteiger partial charge in [-0.15, -0.1) is 0 Å². The molecule has 0 unspecified atom stereocenters. The molecule has 0 aromatic heterocycles. The molecule has 0 saturated carbocycles. The Morgan fingerprint density at radius 3 is 2.36 bits per heavy atom. The van der Waals surface area contributed by atoms with Crippen molar-refractivity contribution in [1.29, 1.82) is 0 Å². The molecule has 1 N–H and O–H groups in total. The van der Waals surface area contributed by atoms with E-state index in [0.29, 0.717) is 30.0 Å². The van der Waals surface area contributed by atoms with Crippen LogP contribution < -0.4 is 14.4 Å². The van der Waals surface area contributed by atoms with E-state index in [-0.39, 0.29) is 27.9 Å². The van der Waals surface area contributed by atoms with E-state index in [0.717, 1.165) is 23.2 Å². The number of ether oxygens (including phenoxy) is 1. The zero-order valence-corrected chi connectivity index (χ0v) is 22.3. The Morgan fingerprint density at radius 1 is 1.05 bits per heavy atom. The van der Waals surface area contributed by atoms with Crippen LogP contribution in [0, 0.1) is 17.0 Å². The Hall–Kier alpha value is -4.45. The second kappa shape index (κ2) is 11.5. The van der Waals surface area contributed by atoms with E-state index < -0.39 is 27.4 Å². The van der Waals surface area contributed by atoms with Crippen LogP contribution >= 0.6 is 0 Å². The second-order valence-corrected chi connectivity index (χ2v) is 10.9. The third kappa shape index (κ3) is 6.01. The summed E-state index contributed by atoms with van der Waals surface area (Å²) in [6.45, 7) is 2.12. The molecule has 0 radical (unpaired) electrons. The molecule has 4 rings (SSSR count). The predicted molar refractivity (Wildman–Crippen MR) is 146 cm³/mol. The predicted octanol–water partition coefficient (Wildman–Crippen LogP) is 3.98. The van der Waals surface area contributed by atoms with Gasteiger partial charge in [-0.1, -0.05) is 18.2 Å². The van der Waals surface area contributed by atoms with Gasteiger partial charge in [-0.25, -0.2) is 8.42 Å². The van der Waals surface area contributed by atoms with Gasteiger partial charge in [-0.2, -0.15) is 0 Å². The minimum atomic E-state index is -4.42. The molecular formula is C27H28N4O7S. The highest BCUT2D eigenvalue weighted by molar-refractivity contribution is 7.92. The van der Waals surface area contributed by atoms with Crippen LogP contribution in [-0.4, -0.2) is 56.8 Å². The smallest absolute Gasteiger partial charge is 0.273 e. The van der Waals surface area contributed by atoms with E-state index in [2.05, 4.69) is 5.32 Å². The number of hydrogen-bond donors (Lipinski definition) is 1. The Kier molecular flexibility index (Phi) is 8.15. The summed E-state index contributed by atoms with van der Waals surface area (Å²) in [6.07, 6.45) is 1.82. The van der Waals surface area contributed by atoms with Crippen molar-refractivity contribution in [1.82, 2.24) is 4.90 Å². The van der Waals surface area contributed by atoms with Gasteiger partial charge >= 0.3 is 0 Å². The normalized spacial score (nSPS) is 13.1. The molecule has 12 heteroatoms. The molecule has 0 spiro atoms. The summed E-state index contributed by atoms with van der Waals surface area (Å²) in [6, 6.07) is 16.1. The minimum Gasteiger partial charge on any atom is -0.497 e. The number of nitrogens with one attached hydrogen (secondary N) is 1. The van der Waals surface area contributed by atoms with E-state index in [4.69, 9.17) is 4.74 Å². The number of anilines is 2. The number of nitro groups is 1. The molecule has 0 aliphatic carbocycles. The lowest BCUT2D eigenvalue weighted by atomic mass is 10.1. The number of amides is 2. The summed E-state index contributed by atoms with van der Waals surface area (Å²) in [5.41, 5.74) is 0.658. The SMILES string of the molecule is COc1ccc(N(CC(=O)Nc2ccccc2C(=O)N2CCCC2)S(=O)(=O)c2ccc(C)c([N+](=O)[O-])c2)cc1. The average Bonchev–Trinajstić information content (AvgIpc) is 3.47. The molecule has 2 amide bonds. The summed E-state index contributed by atoms with van der Waals surface area (Å²) >= 11 is 0. The molecule has 1 aliphatic heterocycles. The van der Waals surface area contributed by atoms with Crippen LogP contribution in [-0.2, 0) is 14.8 Å². The highest BCUT2D eigenvalue weighted by Gasteiger charge is 2.30. The fourth-order valence-corrected chi connectivity index (χ4v) is 5.77. The molecule has 0 atom stereocenters. The van der Waals surface area contributed by atoms with E-state index in [1.54, 1.807) is 29.2 Å². The van der Waals surface area contributed by atoms with Crippen LogP contribution in [0.2, 0.25) is 0 Å². The Morgan fingerprint density at radius 2 is 1.72 bits per heavy atom. The standard InChI is InChI=1S/C27H28N4O7S/c1-19-9-14-22(17-25(19)31(34)35)39(36,37)30(20-10-12-21(38-2)13-11-20)18-26(32)28-24-8-4-3-7-23(24)27(33)29-15-5-6-16-29/h3-4,7-14,17H,5-6,15-16,18H2,1-2H3,(H,28,32). The lowest BCUT2D eigenvalue weighted by Crippen LogP contribution is -2.38. The van der Waals surface area contributed by atoms with Crippen molar-refractivity contribution in [2.75, 3.05) is 36.4 Å². The molecule has 1 saturated heterocycles. The summed E-state index contributed by atoms with van der Waals surface area (Å²) in [4.78, 5) is 38.4. The number of carbonyl (C=O) groups is 2. The quantitative estimate of drug-likeness (QED) is 0.313. The molecule has 1 aliphatic rings. The Balaban J connectivity index is 1.67. The van der Waals surface area contributed by atoms with Gasteiger partial charge < -0.3 is 15.0 Å². The van der Waals surface area contributed by atoms with Gasteiger partial charge in [0.05, 0.1) is 33.9 Å². The van der Waals surface area contributed by atoms with Crippen LogP contribution in [0.1, 0.15) is 28.8 Å². The number of nitrogens with zero attached hydrogens (tertiary/aromatic N) is 3. The van der Waals surface area contributed by atoms with Crippen molar-refractivity contribution >= 4 is 38.9 Å². The lowest BCUT2D eigenvalue weighted by molar-refractivity contribution is -0.385. The number of nitro benzene ring substituents is 1. The number of carbonyl (C=O) groups excluding carboxylic acids is 2. The van der Waals surface area contributed by atoms with Crippen molar-refractivity contribution in [2.45, 2.75) is 24.7 Å². The van der Waals surface area contributed by atoms with Crippen LogP contribution in [0.15, 0.2) is 71.6 Å². The van der Waals surface area contributed by atoms with Gasteiger partial charge in [-0.05, 0) is 62.2 Å². The average molecular weight is 553 g/mol. The van der Waals surface area contributed by atoms with Crippen LogP contribution in [0.25, 0.3) is 0 Å². The molecule has 39 heavy (non-hydrogen) atoms. The second-order valence-electron chi connectivity index (χ2n) is 9.01. The number of hydrogen-bond acceptors (Lipinski definition) is 7. The topological polar surface area (TPSA) is 139 Å². The third-order valence-corrected chi connectivity index (χ3v) is 8.21. The number of para-hydroxylation sites is 1. The van der Waals surface area contributed by atoms with Gasteiger partial charge in [-0.3, -0.25) is 24.0 Å². The molecular weight excluding hydrogens is 524 g/mol. The fraction of sp³-hybridized carbons (Fsp3) is 0.259. The molecule has 11 nitrogen and oxygen atoms in total. The maximum atomic E-state index is 13.7. The molecule has 1 heterocycles. The van der Waals surface area contributed by atoms with Crippen LogP contribution in [0.4, 0.5) is 17.1 Å². The summed E-state index contributed by atoms with van der Waals surface area (Å²) in [7, 11) is -2.96. The first-order valence-corrected chi connectivity index (χ1v) is 13.7. The highest BCUT2D eigenvalue weighted by Crippen LogP contribution is 2.29. The van der Waals surface area contributed by atoms with Crippen molar-refractivity contribution in [2.24, 2.45) is 0 Å². The van der Waals surface area contributed by atoms with Crippen molar-refractivity contribution < 1.29 is 27.7 Å². The molecule has 3 aromatic rings. The number of benzene rings is 3. The van der Waals surface area contributed by atoms with Gasteiger partial charge in [0.25, 0.3) is 21.6 Å². The van der Waals surface area contributed by atoms with E-state index in [9.17, 15) is 28.1 Å². The monoisotopic (exact) mass is 552 g/mol. The molecule has 204 valence electrons. The number of likely N-dealkylation sites (tertiary alicyclic amines) is 1. The fourth-order valence-electron chi connectivity index (χ4n) is 4.33. The summed E-state index contributed by atoms with van der Waals surface area (Å²) in [5, 5.41) is 14.1. The van der Waals surface area contributed by atoms with Crippen molar-refractivity contribution in [3.8, 4) is 5.75 Å². The first-order valence-electron chi connectivity index (χ1n) is 12.2. The summed E-state index contributed by atoms with van der Waals surface area (Å²) in [5.74, 6) is -0.437. The molecule has 1 fully saturated rings. The van der Waals surface area contributed by atoms with Crippen LogP contribution in [0.5, 0.6) is 5.75 Å². The number of aryl methyl sites for hydroxylation is 1.